The average Bonchev–Trinajstić information content (AvgIpc) is 2.93. The summed E-state index contributed by atoms with van der Waals surface area (Å²) >= 11 is 2.12. The number of carbonyl (C=O) groups excluding carboxylic acids is 1. The first kappa shape index (κ1) is 24.5. The van der Waals surface area contributed by atoms with Crippen LogP contribution < -0.4 is 15.1 Å². The van der Waals surface area contributed by atoms with Crippen LogP contribution in [0.4, 0.5) is 5.69 Å². The van der Waals surface area contributed by atoms with Crippen molar-refractivity contribution in [3.8, 4) is 22.6 Å². The van der Waals surface area contributed by atoms with Crippen LogP contribution in [0.25, 0.3) is 22.1 Å². The zero-order chi connectivity index (χ0) is 25.8. The molecule has 5 aromatic rings. The summed E-state index contributed by atoms with van der Waals surface area (Å²) in [6.45, 7) is 0. The number of fused-ring (bicyclic) bond motifs is 1. The molecule has 0 N–H and O–H groups in total. The Morgan fingerprint density at radius 3 is 2.43 bits per heavy atom. The maximum atomic E-state index is 12.7. The number of carbonyl (C=O) groups is 1. The molecule has 4 aromatic carbocycles. The summed E-state index contributed by atoms with van der Waals surface area (Å²) in [6, 6.07) is 29.0. The molecule has 7 heteroatoms. The normalized spacial score (nSPS) is 11.1. The van der Waals surface area contributed by atoms with Crippen molar-refractivity contribution in [2.24, 2.45) is 4.99 Å². The van der Waals surface area contributed by atoms with Gasteiger partial charge in [0.15, 0.2) is 0 Å². The summed E-state index contributed by atoms with van der Waals surface area (Å²) in [4.78, 5) is 29.7. The van der Waals surface area contributed by atoms with Crippen LogP contribution >= 0.6 is 22.6 Å². The summed E-state index contributed by atoms with van der Waals surface area (Å²) in [5.74, 6) is 0.377. The number of hydrogen-bond donors (Lipinski definition) is 0. The van der Waals surface area contributed by atoms with Crippen molar-refractivity contribution in [2.45, 2.75) is 0 Å². The fourth-order valence-electron chi connectivity index (χ4n) is 3.78. The SMILES string of the molecule is COc1cc(C=Nc2ccc(-c3cc4ccccc4oc3=O)cc2)ccc1C(=O)Oc1ccccc1I. The quantitative estimate of drug-likeness (QED) is 0.0686. The average molecular weight is 601 g/mol. The molecular weight excluding hydrogens is 581 g/mol. The van der Waals surface area contributed by atoms with Gasteiger partial charge in [0.2, 0.25) is 0 Å². The number of methoxy groups -OCH3 is 1. The first-order valence-corrected chi connectivity index (χ1v) is 12.4. The van der Waals surface area contributed by atoms with E-state index in [1.54, 1.807) is 36.5 Å². The van der Waals surface area contributed by atoms with Gasteiger partial charge in [-0.15, -0.1) is 0 Å². The fraction of sp³-hybridized carbons (Fsp3) is 0.0333. The summed E-state index contributed by atoms with van der Waals surface area (Å²) in [6.07, 6.45) is 1.68. The highest BCUT2D eigenvalue weighted by Crippen LogP contribution is 2.26. The van der Waals surface area contributed by atoms with E-state index in [0.717, 1.165) is 20.1 Å². The molecule has 0 unspecified atom stereocenters. The number of esters is 1. The second kappa shape index (κ2) is 10.8. The maximum Gasteiger partial charge on any atom is 0.347 e. The molecule has 182 valence electrons. The third-order valence-corrected chi connectivity index (χ3v) is 6.56. The van der Waals surface area contributed by atoms with Crippen LogP contribution in [0.5, 0.6) is 11.5 Å². The summed E-state index contributed by atoms with van der Waals surface area (Å²) in [5.41, 5.74) is 3.18. The molecule has 0 aliphatic heterocycles. The van der Waals surface area contributed by atoms with E-state index in [2.05, 4.69) is 27.6 Å². The van der Waals surface area contributed by atoms with E-state index >= 15 is 0 Å². The number of hydrogen-bond acceptors (Lipinski definition) is 6. The van der Waals surface area contributed by atoms with Crippen LogP contribution in [-0.2, 0) is 0 Å². The Labute approximate surface area is 226 Å². The molecule has 37 heavy (non-hydrogen) atoms. The predicted octanol–water partition coefficient (Wildman–Crippen LogP) is 7.04. The fourth-order valence-corrected chi connectivity index (χ4v) is 4.28. The maximum absolute atomic E-state index is 12.7. The molecule has 0 saturated carbocycles. The highest BCUT2D eigenvalue weighted by atomic mass is 127. The molecule has 5 rings (SSSR count). The van der Waals surface area contributed by atoms with E-state index in [4.69, 9.17) is 13.9 Å². The minimum Gasteiger partial charge on any atom is -0.496 e. The third-order valence-electron chi connectivity index (χ3n) is 5.67. The Balaban J connectivity index is 1.33. The largest absolute Gasteiger partial charge is 0.496 e. The van der Waals surface area contributed by atoms with Crippen LogP contribution in [0.2, 0.25) is 0 Å². The summed E-state index contributed by atoms with van der Waals surface area (Å²) in [7, 11) is 1.50. The number of rotatable bonds is 6. The van der Waals surface area contributed by atoms with Crippen LogP contribution in [0.3, 0.4) is 0 Å². The molecule has 0 radical (unpaired) electrons. The molecule has 0 spiro atoms. The van der Waals surface area contributed by atoms with Crippen molar-refractivity contribution < 1.29 is 18.7 Å². The predicted molar refractivity (Wildman–Crippen MR) is 152 cm³/mol. The zero-order valence-electron chi connectivity index (χ0n) is 19.7. The molecule has 0 atom stereocenters. The van der Waals surface area contributed by atoms with E-state index < -0.39 is 5.97 Å². The Kier molecular flexibility index (Phi) is 7.14. The number of benzene rings is 4. The molecule has 1 aromatic heterocycles. The van der Waals surface area contributed by atoms with Crippen molar-refractivity contribution >= 4 is 51.4 Å². The van der Waals surface area contributed by atoms with Gasteiger partial charge in [-0.3, -0.25) is 4.99 Å². The molecule has 0 amide bonds. The van der Waals surface area contributed by atoms with E-state index in [0.29, 0.717) is 33.9 Å². The van der Waals surface area contributed by atoms with E-state index in [1.807, 2.05) is 66.7 Å². The van der Waals surface area contributed by atoms with Gasteiger partial charge in [0.25, 0.3) is 0 Å². The van der Waals surface area contributed by atoms with Crippen LogP contribution in [-0.4, -0.2) is 19.3 Å². The van der Waals surface area contributed by atoms with Gasteiger partial charge in [-0.25, -0.2) is 9.59 Å². The number of halogens is 1. The van der Waals surface area contributed by atoms with E-state index in [9.17, 15) is 9.59 Å². The topological polar surface area (TPSA) is 78.1 Å². The lowest BCUT2D eigenvalue weighted by molar-refractivity contribution is 0.0730. The van der Waals surface area contributed by atoms with Crippen LogP contribution in [0, 0.1) is 3.57 Å². The van der Waals surface area contributed by atoms with Crippen molar-refractivity contribution in [3.63, 3.8) is 0 Å². The standard InChI is InChI=1S/C30H20INO5/c1-35-28-16-19(10-15-23(28)29(33)37-27-9-5-3-7-25(27)31)18-32-22-13-11-20(12-14-22)24-17-21-6-2-4-8-26(21)36-30(24)34/h2-18H,1H3. The Morgan fingerprint density at radius 2 is 1.65 bits per heavy atom. The summed E-state index contributed by atoms with van der Waals surface area (Å²) in [5, 5.41) is 0.860. The number of aliphatic imine (C=N–C) groups is 1. The molecule has 6 nitrogen and oxygen atoms in total. The van der Waals surface area contributed by atoms with Gasteiger partial charge in [0.1, 0.15) is 22.6 Å². The minimum atomic E-state index is -0.502. The number of nitrogens with zero attached hydrogens (tertiary/aromatic N) is 1. The first-order valence-electron chi connectivity index (χ1n) is 11.3. The lowest BCUT2D eigenvalue weighted by Gasteiger charge is -2.10. The Bertz CT molecular complexity index is 1690. The molecule has 0 bridgehead atoms. The third kappa shape index (κ3) is 5.46. The molecule has 0 aliphatic carbocycles. The van der Waals surface area contributed by atoms with Crippen molar-refractivity contribution in [3.05, 3.63) is 122 Å². The van der Waals surface area contributed by atoms with Crippen molar-refractivity contribution in [1.29, 1.82) is 0 Å². The zero-order valence-corrected chi connectivity index (χ0v) is 21.8. The molecule has 0 fully saturated rings. The van der Waals surface area contributed by atoms with E-state index in [1.165, 1.54) is 7.11 Å². The van der Waals surface area contributed by atoms with Gasteiger partial charge in [0.05, 0.1) is 21.9 Å². The van der Waals surface area contributed by atoms with Gasteiger partial charge in [-0.1, -0.05) is 48.5 Å². The van der Waals surface area contributed by atoms with Gasteiger partial charge < -0.3 is 13.9 Å². The van der Waals surface area contributed by atoms with Gasteiger partial charge in [-0.05, 0) is 82.2 Å². The lowest BCUT2D eigenvalue weighted by atomic mass is 10.1. The lowest BCUT2D eigenvalue weighted by Crippen LogP contribution is -2.11. The highest BCUT2D eigenvalue weighted by molar-refractivity contribution is 14.1. The molecule has 0 saturated heterocycles. The first-order chi connectivity index (χ1) is 18.0. The monoisotopic (exact) mass is 601 g/mol. The minimum absolute atomic E-state index is 0.317. The van der Waals surface area contributed by atoms with E-state index in [-0.39, 0.29) is 5.63 Å². The van der Waals surface area contributed by atoms with Gasteiger partial charge in [-0.2, -0.15) is 0 Å². The second-order valence-electron chi connectivity index (χ2n) is 8.07. The molecular formula is C30H20INO5. The van der Waals surface area contributed by atoms with Gasteiger partial charge in [0, 0.05) is 11.6 Å². The second-order valence-corrected chi connectivity index (χ2v) is 9.23. The number of para-hydroxylation sites is 2. The number of ether oxygens (including phenoxy) is 2. The van der Waals surface area contributed by atoms with Crippen molar-refractivity contribution in [2.75, 3.05) is 7.11 Å². The summed E-state index contributed by atoms with van der Waals surface area (Å²) < 4.78 is 17.2. The molecule has 1 heterocycles. The van der Waals surface area contributed by atoms with Crippen LogP contribution in [0.15, 0.2) is 111 Å². The Morgan fingerprint density at radius 1 is 0.892 bits per heavy atom. The molecule has 0 aliphatic rings. The van der Waals surface area contributed by atoms with Gasteiger partial charge >= 0.3 is 11.6 Å². The van der Waals surface area contributed by atoms with Crippen LogP contribution in [0.1, 0.15) is 15.9 Å². The highest BCUT2D eigenvalue weighted by Gasteiger charge is 2.16. The van der Waals surface area contributed by atoms with Crippen molar-refractivity contribution in [1.82, 2.24) is 0 Å². The Hall–Kier alpha value is -4.24. The smallest absolute Gasteiger partial charge is 0.347 e.